The van der Waals surface area contributed by atoms with Crippen LogP contribution in [0.1, 0.15) is 33.5 Å². The summed E-state index contributed by atoms with van der Waals surface area (Å²) in [6.07, 6.45) is 5.77. The van der Waals surface area contributed by atoms with Crippen molar-refractivity contribution in [2.24, 2.45) is 0 Å². The van der Waals surface area contributed by atoms with E-state index < -0.39 is 17.9 Å². The van der Waals surface area contributed by atoms with E-state index in [1.165, 1.54) is 11.8 Å². The molecule has 0 unspecified atom stereocenters. The molecule has 0 saturated heterocycles. The van der Waals surface area contributed by atoms with Crippen molar-refractivity contribution in [2.75, 3.05) is 16.9 Å². The third-order valence-corrected chi connectivity index (χ3v) is 7.42. The molecule has 41 heavy (non-hydrogen) atoms. The average molecular weight is 568 g/mol. The lowest BCUT2D eigenvalue weighted by Gasteiger charge is -2.24. The molecule has 0 spiro atoms. The van der Waals surface area contributed by atoms with Gasteiger partial charge < -0.3 is 15.3 Å². The Labute approximate surface area is 244 Å². The highest BCUT2D eigenvalue weighted by atomic mass is 32.2. The number of hydrogen-bond donors (Lipinski definition) is 2. The van der Waals surface area contributed by atoms with Crippen LogP contribution in [0.2, 0.25) is 0 Å². The van der Waals surface area contributed by atoms with E-state index in [2.05, 4.69) is 10.3 Å². The van der Waals surface area contributed by atoms with Gasteiger partial charge in [-0.25, -0.2) is 4.79 Å². The SMILES string of the molecule is CSCC[C@H](NC(=O)c1ccc(CN(C(=O)Cc2ccccc2)c2cccnc2)cc1-c1ccccc1C)C(=O)O. The monoisotopic (exact) mass is 567 g/mol. The third-order valence-electron chi connectivity index (χ3n) is 6.78. The van der Waals surface area contributed by atoms with Gasteiger partial charge in [-0.3, -0.25) is 14.6 Å². The molecule has 0 bridgehead atoms. The molecule has 0 aliphatic carbocycles. The maximum atomic E-state index is 13.5. The van der Waals surface area contributed by atoms with Crippen LogP contribution in [0.3, 0.4) is 0 Å². The molecule has 2 N–H and O–H groups in total. The fourth-order valence-electron chi connectivity index (χ4n) is 4.60. The van der Waals surface area contributed by atoms with Crippen molar-refractivity contribution < 1.29 is 19.5 Å². The number of anilines is 1. The first-order valence-electron chi connectivity index (χ1n) is 13.3. The first-order chi connectivity index (χ1) is 19.9. The van der Waals surface area contributed by atoms with Gasteiger partial charge in [0.05, 0.1) is 24.8 Å². The van der Waals surface area contributed by atoms with E-state index in [0.29, 0.717) is 29.0 Å². The number of nitrogens with zero attached hydrogens (tertiary/aromatic N) is 2. The zero-order chi connectivity index (χ0) is 29.2. The van der Waals surface area contributed by atoms with Crippen LogP contribution in [0.5, 0.6) is 0 Å². The fraction of sp³-hybridized carbons (Fsp3) is 0.212. The van der Waals surface area contributed by atoms with Gasteiger partial charge in [-0.05, 0) is 77.4 Å². The van der Waals surface area contributed by atoms with Gasteiger partial charge in [0.25, 0.3) is 5.91 Å². The lowest BCUT2D eigenvalue weighted by Crippen LogP contribution is -2.41. The molecular weight excluding hydrogens is 534 g/mol. The summed E-state index contributed by atoms with van der Waals surface area (Å²) >= 11 is 1.53. The van der Waals surface area contributed by atoms with Crippen molar-refractivity contribution in [1.82, 2.24) is 10.3 Å². The molecule has 4 aromatic rings. The van der Waals surface area contributed by atoms with Crippen LogP contribution in [0, 0.1) is 6.92 Å². The number of carbonyl (C=O) groups is 3. The zero-order valence-electron chi connectivity index (χ0n) is 23.1. The van der Waals surface area contributed by atoms with Gasteiger partial charge in [-0.15, -0.1) is 0 Å². The molecule has 0 saturated carbocycles. The predicted octanol–water partition coefficient (Wildman–Crippen LogP) is 5.77. The van der Waals surface area contributed by atoms with Crippen molar-refractivity contribution in [3.05, 3.63) is 120 Å². The van der Waals surface area contributed by atoms with Crippen molar-refractivity contribution in [3.63, 3.8) is 0 Å². The summed E-state index contributed by atoms with van der Waals surface area (Å²) in [4.78, 5) is 44.7. The number of benzene rings is 3. The maximum absolute atomic E-state index is 13.5. The number of carbonyl (C=O) groups excluding carboxylic acids is 2. The molecule has 8 heteroatoms. The molecular formula is C33H33N3O4S. The topological polar surface area (TPSA) is 99.6 Å². The highest BCUT2D eigenvalue weighted by Crippen LogP contribution is 2.29. The number of amides is 2. The minimum atomic E-state index is -1.06. The number of aliphatic carboxylic acids is 1. The highest BCUT2D eigenvalue weighted by Gasteiger charge is 2.24. The molecule has 1 heterocycles. The Morgan fingerprint density at radius 2 is 1.68 bits per heavy atom. The molecule has 4 rings (SSSR count). The largest absolute Gasteiger partial charge is 0.480 e. The second-order valence-electron chi connectivity index (χ2n) is 9.69. The van der Waals surface area contributed by atoms with Crippen LogP contribution in [-0.2, 0) is 22.6 Å². The van der Waals surface area contributed by atoms with Crippen molar-refractivity contribution >= 4 is 35.2 Å². The van der Waals surface area contributed by atoms with Gasteiger partial charge >= 0.3 is 5.97 Å². The molecule has 1 atom stereocenters. The first kappa shape index (κ1) is 29.6. The molecule has 0 aliphatic rings. The lowest BCUT2D eigenvalue weighted by molar-refractivity contribution is -0.139. The summed E-state index contributed by atoms with van der Waals surface area (Å²) in [6, 6.07) is 25.4. The summed E-state index contributed by atoms with van der Waals surface area (Å²) in [5, 5.41) is 12.4. The fourth-order valence-corrected chi connectivity index (χ4v) is 5.07. The van der Waals surface area contributed by atoms with Gasteiger partial charge in [0.15, 0.2) is 0 Å². The average Bonchev–Trinajstić information content (AvgIpc) is 2.99. The van der Waals surface area contributed by atoms with Gasteiger partial charge in [-0.1, -0.05) is 60.7 Å². The minimum absolute atomic E-state index is 0.0819. The summed E-state index contributed by atoms with van der Waals surface area (Å²) < 4.78 is 0. The van der Waals surface area contributed by atoms with Crippen molar-refractivity contribution in [1.29, 1.82) is 0 Å². The normalized spacial score (nSPS) is 11.5. The van der Waals surface area contributed by atoms with Gasteiger partial charge in [0.2, 0.25) is 5.91 Å². The molecule has 0 radical (unpaired) electrons. The number of carboxylic acid groups (broad SMARTS) is 1. The van der Waals surface area contributed by atoms with E-state index in [1.807, 2.05) is 86.0 Å². The Hall–Kier alpha value is -4.43. The number of carboxylic acids is 1. The van der Waals surface area contributed by atoms with Crippen LogP contribution < -0.4 is 10.2 Å². The standard InChI is InChI=1S/C33H33N3O4S/c1-23-9-6-7-13-27(23)29-19-25(14-15-28(29)32(38)35-30(33(39)40)16-18-41-2)22-36(26-12-8-17-34-21-26)31(37)20-24-10-4-3-5-11-24/h3-15,17,19,21,30H,16,18,20,22H2,1-2H3,(H,35,38)(H,39,40)/t30-/m0/s1. The van der Waals surface area contributed by atoms with Crippen LogP contribution >= 0.6 is 11.8 Å². The van der Waals surface area contributed by atoms with Gasteiger partial charge in [-0.2, -0.15) is 11.8 Å². The lowest BCUT2D eigenvalue weighted by atomic mass is 9.93. The number of aromatic nitrogens is 1. The molecule has 2 amide bonds. The van der Waals surface area contributed by atoms with E-state index in [1.54, 1.807) is 29.4 Å². The van der Waals surface area contributed by atoms with Crippen molar-refractivity contribution in [3.8, 4) is 11.1 Å². The zero-order valence-corrected chi connectivity index (χ0v) is 23.9. The molecule has 1 aromatic heterocycles. The Balaban J connectivity index is 1.70. The number of thioether (sulfide) groups is 1. The summed E-state index contributed by atoms with van der Waals surface area (Å²) in [5.74, 6) is -0.984. The van der Waals surface area contributed by atoms with E-state index >= 15 is 0 Å². The molecule has 0 aliphatic heterocycles. The van der Waals surface area contributed by atoms with Crippen LogP contribution in [0.4, 0.5) is 5.69 Å². The first-order valence-corrected chi connectivity index (χ1v) is 14.7. The third kappa shape index (κ3) is 7.83. The summed E-state index contributed by atoms with van der Waals surface area (Å²) in [7, 11) is 0. The quantitative estimate of drug-likeness (QED) is 0.226. The Morgan fingerprint density at radius 3 is 2.37 bits per heavy atom. The van der Waals surface area contributed by atoms with E-state index in [4.69, 9.17) is 0 Å². The number of rotatable bonds is 12. The maximum Gasteiger partial charge on any atom is 0.326 e. The van der Waals surface area contributed by atoms with Crippen LogP contribution in [-0.4, -0.2) is 45.9 Å². The second-order valence-corrected chi connectivity index (χ2v) is 10.7. The van der Waals surface area contributed by atoms with Crippen molar-refractivity contribution in [2.45, 2.75) is 32.4 Å². The summed E-state index contributed by atoms with van der Waals surface area (Å²) in [6.45, 7) is 2.23. The molecule has 0 fully saturated rings. The van der Waals surface area contributed by atoms with E-state index in [9.17, 15) is 19.5 Å². The van der Waals surface area contributed by atoms with Gasteiger partial charge in [0.1, 0.15) is 6.04 Å². The van der Waals surface area contributed by atoms with Crippen LogP contribution in [0.25, 0.3) is 11.1 Å². The predicted molar refractivity (Wildman–Crippen MR) is 164 cm³/mol. The van der Waals surface area contributed by atoms with E-state index in [-0.39, 0.29) is 18.9 Å². The number of hydrogen-bond acceptors (Lipinski definition) is 5. The van der Waals surface area contributed by atoms with Gasteiger partial charge in [0, 0.05) is 11.8 Å². The van der Waals surface area contributed by atoms with E-state index in [0.717, 1.165) is 22.3 Å². The smallest absolute Gasteiger partial charge is 0.326 e. The summed E-state index contributed by atoms with van der Waals surface area (Å²) in [5.41, 5.74) is 5.29. The molecule has 210 valence electrons. The minimum Gasteiger partial charge on any atom is -0.480 e. The highest BCUT2D eigenvalue weighted by molar-refractivity contribution is 7.98. The Bertz CT molecular complexity index is 1500. The second kappa shape index (κ2) is 14.3. The molecule has 7 nitrogen and oxygen atoms in total. The molecule has 3 aromatic carbocycles. The van der Waals surface area contributed by atoms with Crippen LogP contribution in [0.15, 0.2) is 97.3 Å². The Kier molecular flexibility index (Phi) is 10.3. The number of nitrogens with one attached hydrogen (secondary N) is 1. The number of aryl methyl sites for hydroxylation is 1. The number of pyridine rings is 1. The Morgan fingerprint density at radius 1 is 0.927 bits per heavy atom.